The minimum absolute atomic E-state index is 0.397. The van der Waals surface area contributed by atoms with Gasteiger partial charge in [0.2, 0.25) is 0 Å². The van der Waals surface area contributed by atoms with Gasteiger partial charge < -0.3 is 5.32 Å². The highest BCUT2D eigenvalue weighted by molar-refractivity contribution is 7.80. The Hall–Kier alpha value is -1.62. The van der Waals surface area contributed by atoms with Crippen molar-refractivity contribution < 1.29 is 0 Å². The van der Waals surface area contributed by atoms with Crippen LogP contribution in [0.25, 0.3) is 0 Å². The van der Waals surface area contributed by atoms with Crippen molar-refractivity contribution in [3.05, 3.63) is 63.6 Å². The fraction of sp³-hybridized carbons (Fsp3) is 0.0667. The van der Waals surface area contributed by atoms with Crippen molar-refractivity contribution in [3.8, 4) is 0 Å². The van der Waals surface area contributed by atoms with Gasteiger partial charge in [-0.3, -0.25) is 5.43 Å². The Morgan fingerprint density at radius 1 is 1.14 bits per heavy atom. The van der Waals surface area contributed by atoms with E-state index in [2.05, 4.69) is 15.8 Å². The number of benzene rings is 2. The highest BCUT2D eigenvalue weighted by Gasteiger charge is 2.01. The first-order valence-corrected chi connectivity index (χ1v) is 7.33. The fourth-order valence-electron chi connectivity index (χ4n) is 1.58. The number of hydrogen-bond donors (Lipinski definition) is 2. The lowest BCUT2D eigenvalue weighted by atomic mass is 10.2. The van der Waals surface area contributed by atoms with E-state index in [4.69, 9.17) is 35.4 Å². The van der Waals surface area contributed by atoms with E-state index in [1.807, 2.05) is 37.3 Å². The first-order valence-electron chi connectivity index (χ1n) is 6.17. The van der Waals surface area contributed by atoms with Crippen LogP contribution in [0, 0.1) is 6.92 Å². The first kappa shape index (κ1) is 15.8. The third-order valence-electron chi connectivity index (χ3n) is 2.66. The third-order valence-corrected chi connectivity index (χ3v) is 3.69. The van der Waals surface area contributed by atoms with Crippen LogP contribution in [0.4, 0.5) is 5.69 Å². The van der Waals surface area contributed by atoms with Gasteiger partial charge in [0, 0.05) is 11.3 Å². The van der Waals surface area contributed by atoms with Gasteiger partial charge in [-0.2, -0.15) is 5.10 Å². The average molecular weight is 338 g/mol. The van der Waals surface area contributed by atoms with Crippen LogP contribution in [-0.2, 0) is 0 Å². The zero-order valence-corrected chi connectivity index (χ0v) is 13.6. The van der Waals surface area contributed by atoms with Crippen LogP contribution in [0.5, 0.6) is 0 Å². The number of nitrogens with zero attached hydrogens (tertiary/aromatic N) is 1. The zero-order valence-electron chi connectivity index (χ0n) is 11.2. The molecule has 0 fully saturated rings. The summed E-state index contributed by atoms with van der Waals surface area (Å²) in [4.78, 5) is 0. The minimum Gasteiger partial charge on any atom is -0.331 e. The Balaban J connectivity index is 1.93. The first-order chi connectivity index (χ1) is 10.1. The molecule has 0 aliphatic rings. The summed E-state index contributed by atoms with van der Waals surface area (Å²) in [5, 5.41) is 8.41. The molecule has 0 aromatic heterocycles. The lowest BCUT2D eigenvalue weighted by Crippen LogP contribution is -2.23. The maximum absolute atomic E-state index is 6.05. The Kier molecular flexibility index (Phi) is 5.56. The second kappa shape index (κ2) is 7.41. The molecule has 0 bridgehead atoms. The second-order valence-corrected chi connectivity index (χ2v) is 5.53. The SMILES string of the molecule is Cc1ccc(NC(=S)N/N=C\c2cccc(Cl)c2Cl)cc1. The molecule has 2 rings (SSSR count). The molecular weight excluding hydrogens is 325 g/mol. The highest BCUT2D eigenvalue weighted by atomic mass is 35.5. The third kappa shape index (κ3) is 4.70. The van der Waals surface area contributed by atoms with Crippen molar-refractivity contribution >= 4 is 52.4 Å². The number of hydrogen-bond acceptors (Lipinski definition) is 2. The van der Waals surface area contributed by atoms with Crippen LogP contribution in [0.15, 0.2) is 47.6 Å². The molecule has 6 heteroatoms. The van der Waals surface area contributed by atoms with Gasteiger partial charge in [-0.05, 0) is 37.3 Å². The predicted molar refractivity (Wildman–Crippen MR) is 94.6 cm³/mol. The summed E-state index contributed by atoms with van der Waals surface area (Å²) in [6.45, 7) is 2.03. The molecule has 0 spiro atoms. The number of anilines is 1. The maximum atomic E-state index is 6.05. The summed E-state index contributed by atoms with van der Waals surface area (Å²) in [5.74, 6) is 0. The molecule has 2 aromatic rings. The van der Waals surface area contributed by atoms with Crippen LogP contribution >= 0.6 is 35.4 Å². The Morgan fingerprint density at radius 2 is 1.86 bits per heavy atom. The molecule has 21 heavy (non-hydrogen) atoms. The van der Waals surface area contributed by atoms with E-state index in [1.54, 1.807) is 18.3 Å². The number of halogens is 2. The largest absolute Gasteiger partial charge is 0.331 e. The van der Waals surface area contributed by atoms with Crippen molar-refractivity contribution in [3.63, 3.8) is 0 Å². The van der Waals surface area contributed by atoms with Crippen molar-refractivity contribution in [2.24, 2.45) is 5.10 Å². The van der Waals surface area contributed by atoms with Crippen molar-refractivity contribution in [1.82, 2.24) is 5.43 Å². The van der Waals surface area contributed by atoms with Crippen LogP contribution in [0.3, 0.4) is 0 Å². The van der Waals surface area contributed by atoms with Gasteiger partial charge in [0.15, 0.2) is 5.11 Å². The standard InChI is InChI=1S/C15H13Cl2N3S/c1-10-5-7-12(8-6-10)19-15(21)20-18-9-11-3-2-4-13(16)14(11)17/h2-9H,1H3,(H2,19,20,21)/b18-9-. The Labute approximate surface area is 139 Å². The van der Waals surface area contributed by atoms with E-state index in [0.29, 0.717) is 15.2 Å². The molecule has 2 aromatic carbocycles. The Morgan fingerprint density at radius 3 is 2.57 bits per heavy atom. The van der Waals surface area contributed by atoms with Gasteiger partial charge in [0.05, 0.1) is 16.3 Å². The van der Waals surface area contributed by atoms with Gasteiger partial charge in [-0.15, -0.1) is 0 Å². The van der Waals surface area contributed by atoms with Crippen molar-refractivity contribution in [1.29, 1.82) is 0 Å². The van der Waals surface area contributed by atoms with E-state index >= 15 is 0 Å². The maximum Gasteiger partial charge on any atom is 0.191 e. The molecule has 0 unspecified atom stereocenters. The fourth-order valence-corrected chi connectivity index (χ4v) is 2.10. The van der Waals surface area contributed by atoms with Crippen molar-refractivity contribution in [2.75, 3.05) is 5.32 Å². The smallest absolute Gasteiger partial charge is 0.191 e. The van der Waals surface area contributed by atoms with Crippen LogP contribution in [0.1, 0.15) is 11.1 Å². The van der Waals surface area contributed by atoms with Crippen LogP contribution in [-0.4, -0.2) is 11.3 Å². The monoisotopic (exact) mass is 337 g/mol. The van der Waals surface area contributed by atoms with E-state index < -0.39 is 0 Å². The summed E-state index contributed by atoms with van der Waals surface area (Å²) < 4.78 is 0. The van der Waals surface area contributed by atoms with Crippen molar-refractivity contribution in [2.45, 2.75) is 6.92 Å². The number of thiocarbonyl (C=S) groups is 1. The summed E-state index contributed by atoms with van der Waals surface area (Å²) in [6, 6.07) is 13.2. The van der Waals surface area contributed by atoms with Gasteiger partial charge >= 0.3 is 0 Å². The highest BCUT2D eigenvalue weighted by Crippen LogP contribution is 2.24. The van der Waals surface area contributed by atoms with Gasteiger partial charge in [0.1, 0.15) is 0 Å². The van der Waals surface area contributed by atoms with Gasteiger partial charge in [0.25, 0.3) is 0 Å². The van der Waals surface area contributed by atoms with Gasteiger partial charge in [-0.1, -0.05) is 53.0 Å². The minimum atomic E-state index is 0.397. The predicted octanol–water partition coefficient (Wildman–Crippen LogP) is 4.62. The molecule has 0 atom stereocenters. The molecule has 0 saturated heterocycles. The summed E-state index contributed by atoms with van der Waals surface area (Å²) in [5.41, 5.74) is 5.53. The summed E-state index contributed by atoms with van der Waals surface area (Å²) in [7, 11) is 0. The number of aryl methyl sites for hydroxylation is 1. The van der Waals surface area contributed by atoms with Crippen LogP contribution < -0.4 is 10.7 Å². The molecule has 0 amide bonds. The molecule has 0 aliphatic heterocycles. The lowest BCUT2D eigenvalue weighted by Gasteiger charge is -2.07. The molecule has 0 heterocycles. The van der Waals surface area contributed by atoms with E-state index in [0.717, 1.165) is 11.3 Å². The molecule has 2 N–H and O–H groups in total. The average Bonchev–Trinajstić information content (AvgIpc) is 2.46. The number of hydrazone groups is 1. The molecule has 0 aliphatic carbocycles. The lowest BCUT2D eigenvalue weighted by molar-refractivity contribution is 1.05. The van der Waals surface area contributed by atoms with E-state index in [1.165, 1.54) is 5.56 Å². The molecule has 108 valence electrons. The normalized spacial score (nSPS) is 10.6. The number of nitrogens with one attached hydrogen (secondary N) is 2. The van der Waals surface area contributed by atoms with E-state index in [-0.39, 0.29) is 0 Å². The van der Waals surface area contributed by atoms with Gasteiger partial charge in [-0.25, -0.2) is 0 Å². The second-order valence-electron chi connectivity index (χ2n) is 4.33. The summed E-state index contributed by atoms with van der Waals surface area (Å²) >= 11 is 17.1. The molecule has 3 nitrogen and oxygen atoms in total. The molecule has 0 saturated carbocycles. The van der Waals surface area contributed by atoms with Crippen LogP contribution in [0.2, 0.25) is 10.0 Å². The Bertz CT molecular complexity index is 669. The number of rotatable bonds is 3. The summed E-state index contributed by atoms with van der Waals surface area (Å²) in [6.07, 6.45) is 1.57. The molecule has 0 radical (unpaired) electrons. The zero-order chi connectivity index (χ0) is 15.2. The quantitative estimate of drug-likeness (QED) is 0.487. The topological polar surface area (TPSA) is 36.4 Å². The van der Waals surface area contributed by atoms with E-state index in [9.17, 15) is 0 Å². The molecular formula is C15H13Cl2N3S.